The molecule has 0 bridgehead atoms. The van der Waals surface area contributed by atoms with Crippen LogP contribution in [0.4, 0.5) is 0 Å². The Labute approximate surface area is 123 Å². The van der Waals surface area contributed by atoms with Crippen molar-refractivity contribution in [2.45, 2.75) is 19.6 Å². The second-order valence-electron chi connectivity index (χ2n) is 5.42. The minimum absolute atomic E-state index is 0.0477. The first-order valence-corrected chi connectivity index (χ1v) is 6.93. The molecule has 0 saturated carbocycles. The number of nitrogens with zero attached hydrogens (tertiary/aromatic N) is 2. The summed E-state index contributed by atoms with van der Waals surface area (Å²) in [6.45, 7) is 2.77. The highest BCUT2D eigenvalue weighted by Crippen LogP contribution is 2.29. The van der Waals surface area contributed by atoms with E-state index in [9.17, 15) is 10.1 Å². The number of nitriles is 1. The molecule has 0 aliphatic carbocycles. The minimum Gasteiger partial charge on any atom is -0.372 e. The molecule has 0 N–H and O–H groups in total. The van der Waals surface area contributed by atoms with Crippen molar-refractivity contribution in [2.75, 3.05) is 13.6 Å². The number of hydrogen-bond acceptors (Lipinski definition) is 3. The van der Waals surface area contributed by atoms with Gasteiger partial charge in [0.05, 0.1) is 29.9 Å². The van der Waals surface area contributed by atoms with E-state index in [-0.39, 0.29) is 12.0 Å². The summed E-state index contributed by atoms with van der Waals surface area (Å²) in [5.74, 6) is -0.0477. The first-order chi connectivity index (χ1) is 10.1. The zero-order chi connectivity index (χ0) is 15.0. The molecule has 1 aliphatic rings. The highest BCUT2D eigenvalue weighted by atomic mass is 16.5. The van der Waals surface area contributed by atoms with Crippen molar-refractivity contribution in [3.8, 4) is 6.07 Å². The predicted octanol–water partition coefficient (Wildman–Crippen LogP) is 2.70. The Kier molecular flexibility index (Phi) is 3.36. The second kappa shape index (κ2) is 5.19. The van der Waals surface area contributed by atoms with E-state index in [2.05, 4.69) is 6.07 Å². The van der Waals surface area contributed by atoms with Gasteiger partial charge in [-0.1, -0.05) is 24.3 Å². The van der Waals surface area contributed by atoms with Crippen LogP contribution in [0.1, 0.15) is 28.4 Å². The predicted molar refractivity (Wildman–Crippen MR) is 79.9 cm³/mol. The summed E-state index contributed by atoms with van der Waals surface area (Å²) in [6, 6.07) is 11.7. The van der Waals surface area contributed by atoms with Gasteiger partial charge in [0.15, 0.2) is 0 Å². The molecule has 3 rings (SSSR count). The Morgan fingerprint density at radius 3 is 2.90 bits per heavy atom. The third-order valence-electron chi connectivity index (χ3n) is 3.88. The number of benzene rings is 2. The van der Waals surface area contributed by atoms with Gasteiger partial charge in [0.1, 0.15) is 0 Å². The van der Waals surface area contributed by atoms with E-state index in [4.69, 9.17) is 4.74 Å². The maximum atomic E-state index is 12.8. The number of carbonyl (C=O) groups excluding carboxylic acids is 1. The molecule has 0 radical (unpaired) electrons. The van der Waals surface area contributed by atoms with Crippen LogP contribution in [0, 0.1) is 11.3 Å². The number of ether oxygens (including phenoxy) is 1. The molecule has 1 heterocycles. The third kappa shape index (κ3) is 2.26. The van der Waals surface area contributed by atoms with E-state index >= 15 is 0 Å². The van der Waals surface area contributed by atoms with Gasteiger partial charge in [-0.05, 0) is 23.8 Å². The van der Waals surface area contributed by atoms with Gasteiger partial charge < -0.3 is 9.64 Å². The lowest BCUT2D eigenvalue weighted by Gasteiger charge is -2.27. The molecular weight excluding hydrogens is 264 g/mol. The Balaban J connectivity index is 2.34. The van der Waals surface area contributed by atoms with E-state index in [1.807, 2.05) is 37.3 Å². The van der Waals surface area contributed by atoms with Crippen LogP contribution in [0.2, 0.25) is 0 Å². The van der Waals surface area contributed by atoms with Gasteiger partial charge in [-0.25, -0.2) is 0 Å². The van der Waals surface area contributed by atoms with Crippen LogP contribution in [0.15, 0.2) is 30.3 Å². The maximum absolute atomic E-state index is 12.8. The molecule has 2 aromatic rings. The average molecular weight is 280 g/mol. The molecular formula is C17H16N2O2. The van der Waals surface area contributed by atoms with Gasteiger partial charge in [-0.3, -0.25) is 4.79 Å². The van der Waals surface area contributed by atoms with Crippen molar-refractivity contribution in [1.29, 1.82) is 5.26 Å². The number of likely N-dealkylation sites (N-methyl/N-ethyl adjacent to an activating group) is 1. The topological polar surface area (TPSA) is 53.3 Å². The quantitative estimate of drug-likeness (QED) is 0.745. The Morgan fingerprint density at radius 2 is 2.14 bits per heavy atom. The zero-order valence-corrected chi connectivity index (χ0v) is 12.1. The molecule has 4 heteroatoms. The summed E-state index contributed by atoms with van der Waals surface area (Å²) in [5.41, 5.74) is 1.80. The Morgan fingerprint density at radius 1 is 1.38 bits per heavy atom. The average Bonchev–Trinajstić information content (AvgIpc) is 2.49. The lowest BCUT2D eigenvalue weighted by atomic mass is 9.93. The molecule has 1 amide bonds. The van der Waals surface area contributed by atoms with E-state index in [1.165, 1.54) is 0 Å². The monoisotopic (exact) mass is 280 g/mol. The number of fused-ring (bicyclic) bond motifs is 3. The molecule has 21 heavy (non-hydrogen) atoms. The maximum Gasteiger partial charge on any atom is 0.254 e. The molecule has 2 aromatic carbocycles. The van der Waals surface area contributed by atoms with Gasteiger partial charge >= 0.3 is 0 Å². The van der Waals surface area contributed by atoms with Crippen molar-refractivity contribution in [2.24, 2.45) is 0 Å². The van der Waals surface area contributed by atoms with Crippen LogP contribution in [-0.2, 0) is 11.3 Å². The fraction of sp³-hybridized carbons (Fsp3) is 0.294. The van der Waals surface area contributed by atoms with Gasteiger partial charge in [0.25, 0.3) is 5.91 Å². The number of rotatable bonds is 0. The lowest BCUT2D eigenvalue weighted by molar-refractivity contribution is 0.0235. The van der Waals surface area contributed by atoms with Crippen LogP contribution < -0.4 is 0 Å². The van der Waals surface area contributed by atoms with Crippen molar-refractivity contribution < 1.29 is 9.53 Å². The summed E-state index contributed by atoms with van der Waals surface area (Å²) < 4.78 is 5.77. The van der Waals surface area contributed by atoms with Gasteiger partial charge in [-0.2, -0.15) is 5.26 Å². The molecule has 1 atom stereocenters. The molecule has 0 unspecified atom stereocenters. The molecule has 106 valence electrons. The summed E-state index contributed by atoms with van der Waals surface area (Å²) >= 11 is 0. The van der Waals surface area contributed by atoms with Gasteiger partial charge in [0, 0.05) is 19.2 Å². The molecule has 4 nitrogen and oxygen atoms in total. The van der Waals surface area contributed by atoms with E-state index < -0.39 is 0 Å². The van der Waals surface area contributed by atoms with E-state index in [1.54, 1.807) is 11.9 Å². The number of carbonyl (C=O) groups is 1. The Bertz CT molecular complexity index is 761. The summed E-state index contributed by atoms with van der Waals surface area (Å²) in [6.07, 6.45) is -0.0508. The van der Waals surface area contributed by atoms with Crippen molar-refractivity contribution in [3.05, 3.63) is 47.0 Å². The standard InChI is InChI=1S/C17H16N2O2/c1-11-9-19(2)17(20)16-14-6-4-3-5-12(14)7-13(8-18)15(16)10-21-11/h3-7,11H,9-10H2,1-2H3/t11-/m1/s1. The third-order valence-corrected chi connectivity index (χ3v) is 3.88. The van der Waals surface area contributed by atoms with Crippen LogP contribution in [-0.4, -0.2) is 30.5 Å². The molecule has 0 fully saturated rings. The van der Waals surface area contributed by atoms with Gasteiger partial charge in [-0.15, -0.1) is 0 Å². The smallest absolute Gasteiger partial charge is 0.254 e. The number of amides is 1. The SMILES string of the molecule is C[C@@H]1CN(C)C(=O)c2c(c(C#N)cc3ccccc23)CO1. The molecule has 0 aromatic heterocycles. The summed E-state index contributed by atoms with van der Waals surface area (Å²) in [7, 11) is 1.77. The van der Waals surface area contributed by atoms with E-state index in [0.717, 1.165) is 10.8 Å². The Hall–Kier alpha value is -2.38. The normalized spacial score (nSPS) is 18.8. The highest BCUT2D eigenvalue weighted by molar-refractivity contribution is 6.09. The summed E-state index contributed by atoms with van der Waals surface area (Å²) in [4.78, 5) is 14.4. The van der Waals surface area contributed by atoms with Crippen LogP contribution in [0.3, 0.4) is 0 Å². The highest BCUT2D eigenvalue weighted by Gasteiger charge is 2.26. The first kappa shape index (κ1) is 13.6. The minimum atomic E-state index is -0.0508. The van der Waals surface area contributed by atoms with Crippen LogP contribution >= 0.6 is 0 Å². The lowest BCUT2D eigenvalue weighted by Crippen LogP contribution is -2.37. The molecule has 0 spiro atoms. The van der Waals surface area contributed by atoms with Crippen LogP contribution in [0.5, 0.6) is 0 Å². The largest absolute Gasteiger partial charge is 0.372 e. The van der Waals surface area contributed by atoms with Crippen molar-refractivity contribution in [1.82, 2.24) is 4.90 Å². The summed E-state index contributed by atoms with van der Waals surface area (Å²) in [5, 5.41) is 11.2. The first-order valence-electron chi connectivity index (χ1n) is 6.93. The second-order valence-corrected chi connectivity index (χ2v) is 5.42. The van der Waals surface area contributed by atoms with Gasteiger partial charge in [0.2, 0.25) is 0 Å². The van der Waals surface area contributed by atoms with Crippen LogP contribution in [0.25, 0.3) is 10.8 Å². The van der Waals surface area contributed by atoms with Crippen molar-refractivity contribution in [3.63, 3.8) is 0 Å². The molecule has 0 saturated heterocycles. The van der Waals surface area contributed by atoms with Crippen molar-refractivity contribution >= 4 is 16.7 Å². The van der Waals surface area contributed by atoms with E-state index in [0.29, 0.717) is 29.8 Å². The fourth-order valence-electron chi connectivity index (χ4n) is 2.82. The zero-order valence-electron chi connectivity index (χ0n) is 12.1. The fourth-order valence-corrected chi connectivity index (χ4v) is 2.82. The number of hydrogen-bond donors (Lipinski definition) is 0. The molecule has 1 aliphatic heterocycles.